The molecule has 0 amide bonds. The van der Waals surface area contributed by atoms with Crippen LogP contribution in [0.15, 0.2) is 18.2 Å². The third-order valence-corrected chi connectivity index (χ3v) is 5.64. The van der Waals surface area contributed by atoms with Gasteiger partial charge in [-0.15, -0.1) is 0 Å². The summed E-state index contributed by atoms with van der Waals surface area (Å²) in [6.07, 6.45) is 0. The number of anilines is 1. The van der Waals surface area contributed by atoms with Gasteiger partial charge in [0.05, 0.1) is 21.9 Å². The van der Waals surface area contributed by atoms with Crippen molar-refractivity contribution in [3.8, 4) is 0 Å². The minimum absolute atomic E-state index is 0.333. The largest absolute Gasteiger partial charge is 0.494 e. The van der Waals surface area contributed by atoms with Crippen molar-refractivity contribution < 1.29 is 9.31 Å². The molecule has 2 heterocycles. The van der Waals surface area contributed by atoms with E-state index in [1.54, 1.807) is 0 Å². The van der Waals surface area contributed by atoms with Gasteiger partial charge in [0.15, 0.2) is 0 Å². The van der Waals surface area contributed by atoms with E-state index in [9.17, 15) is 0 Å². The maximum Gasteiger partial charge on any atom is 0.494 e. The van der Waals surface area contributed by atoms with E-state index in [0.29, 0.717) is 0 Å². The van der Waals surface area contributed by atoms with Gasteiger partial charge < -0.3 is 19.1 Å². The monoisotopic (exact) mass is 336 g/mol. The Hall–Kier alpha value is -0.745. The normalized spacial score (nSPS) is 24.3. The van der Waals surface area contributed by atoms with Crippen molar-refractivity contribution >= 4 is 29.9 Å². The maximum atomic E-state index is 6.55. The molecule has 3 rings (SSSR count). The molecule has 0 saturated carbocycles. The summed E-state index contributed by atoms with van der Waals surface area (Å²) in [5.74, 6) is 0. The standard InChI is InChI=1S/C17H26BClN2O2/c1-16(2)17(3,4)23-18(22-16)13-6-7-15(14(19)12-13)21-10-8-20(5)9-11-21/h6-7,12H,8-11H2,1-5H3. The topological polar surface area (TPSA) is 24.9 Å². The average molecular weight is 337 g/mol. The quantitative estimate of drug-likeness (QED) is 0.774. The van der Waals surface area contributed by atoms with Crippen molar-refractivity contribution in [3.05, 3.63) is 23.2 Å². The minimum atomic E-state index is -0.362. The zero-order chi connectivity index (χ0) is 16.8. The summed E-state index contributed by atoms with van der Waals surface area (Å²) in [7, 11) is 1.79. The molecule has 0 bridgehead atoms. The molecule has 0 unspecified atom stereocenters. The molecular weight excluding hydrogens is 310 g/mol. The van der Waals surface area contributed by atoms with Crippen LogP contribution in [0.3, 0.4) is 0 Å². The molecule has 23 heavy (non-hydrogen) atoms. The Morgan fingerprint density at radius 2 is 1.57 bits per heavy atom. The molecule has 2 saturated heterocycles. The van der Waals surface area contributed by atoms with Gasteiger partial charge >= 0.3 is 7.12 Å². The number of hydrogen-bond acceptors (Lipinski definition) is 4. The molecule has 0 N–H and O–H groups in total. The number of rotatable bonds is 2. The van der Waals surface area contributed by atoms with Gasteiger partial charge in [-0.25, -0.2) is 0 Å². The number of nitrogens with zero attached hydrogens (tertiary/aromatic N) is 2. The predicted molar refractivity (Wildman–Crippen MR) is 96.9 cm³/mol. The fraction of sp³-hybridized carbons (Fsp3) is 0.647. The zero-order valence-electron chi connectivity index (χ0n) is 14.7. The van der Waals surface area contributed by atoms with E-state index in [1.165, 1.54) is 0 Å². The second-order valence-corrected chi connectivity index (χ2v) is 8.00. The minimum Gasteiger partial charge on any atom is -0.399 e. The summed E-state index contributed by atoms with van der Waals surface area (Å²) in [5, 5.41) is 0.766. The highest BCUT2D eigenvalue weighted by Crippen LogP contribution is 2.37. The molecule has 0 aromatic heterocycles. The zero-order valence-corrected chi connectivity index (χ0v) is 15.5. The van der Waals surface area contributed by atoms with Crippen LogP contribution in [0.4, 0.5) is 5.69 Å². The highest BCUT2D eigenvalue weighted by atomic mass is 35.5. The third-order valence-electron chi connectivity index (χ3n) is 5.34. The Morgan fingerprint density at radius 1 is 1.00 bits per heavy atom. The van der Waals surface area contributed by atoms with Crippen LogP contribution in [0, 0.1) is 0 Å². The first-order valence-corrected chi connectivity index (χ1v) is 8.66. The lowest BCUT2D eigenvalue weighted by molar-refractivity contribution is 0.00578. The van der Waals surface area contributed by atoms with Crippen molar-refractivity contribution in [2.24, 2.45) is 0 Å². The van der Waals surface area contributed by atoms with Crippen LogP contribution in [0.1, 0.15) is 27.7 Å². The van der Waals surface area contributed by atoms with E-state index >= 15 is 0 Å². The summed E-state index contributed by atoms with van der Waals surface area (Å²) < 4.78 is 12.2. The Labute approximate surface area is 144 Å². The van der Waals surface area contributed by atoms with Crippen LogP contribution in [-0.4, -0.2) is 56.4 Å². The number of likely N-dealkylation sites (N-methyl/N-ethyl adjacent to an activating group) is 1. The average Bonchev–Trinajstić information content (AvgIpc) is 2.68. The number of piperazine rings is 1. The molecule has 2 fully saturated rings. The van der Waals surface area contributed by atoms with Gasteiger partial charge in [-0.3, -0.25) is 0 Å². The van der Waals surface area contributed by atoms with Gasteiger partial charge in [0.1, 0.15) is 0 Å². The molecule has 126 valence electrons. The van der Waals surface area contributed by atoms with Crippen molar-refractivity contribution in [2.75, 3.05) is 38.1 Å². The van der Waals surface area contributed by atoms with Crippen LogP contribution < -0.4 is 10.4 Å². The van der Waals surface area contributed by atoms with Crippen molar-refractivity contribution in [1.29, 1.82) is 0 Å². The summed E-state index contributed by atoms with van der Waals surface area (Å²) in [6.45, 7) is 12.4. The van der Waals surface area contributed by atoms with E-state index in [2.05, 4.69) is 56.7 Å². The first-order chi connectivity index (χ1) is 10.7. The van der Waals surface area contributed by atoms with Gasteiger partial charge in [0.2, 0.25) is 0 Å². The molecule has 0 aliphatic carbocycles. The van der Waals surface area contributed by atoms with E-state index in [4.69, 9.17) is 20.9 Å². The summed E-state index contributed by atoms with van der Waals surface area (Å²) in [4.78, 5) is 4.68. The van der Waals surface area contributed by atoms with Crippen LogP contribution in [0.2, 0.25) is 5.02 Å². The summed E-state index contributed by atoms with van der Waals surface area (Å²) in [6, 6.07) is 6.15. The van der Waals surface area contributed by atoms with Crippen LogP contribution in [0.25, 0.3) is 0 Å². The highest BCUT2D eigenvalue weighted by molar-refractivity contribution is 6.62. The maximum absolute atomic E-state index is 6.55. The second kappa shape index (κ2) is 5.96. The Balaban J connectivity index is 1.78. The number of hydrogen-bond donors (Lipinski definition) is 0. The molecular formula is C17H26BClN2O2. The fourth-order valence-corrected chi connectivity index (χ4v) is 3.26. The molecule has 2 aliphatic rings. The van der Waals surface area contributed by atoms with Gasteiger partial charge in [-0.05, 0) is 52.3 Å². The SMILES string of the molecule is CN1CCN(c2ccc(B3OC(C)(C)C(C)(C)O3)cc2Cl)CC1. The molecule has 2 aliphatic heterocycles. The van der Waals surface area contributed by atoms with Gasteiger partial charge in [-0.2, -0.15) is 0 Å². The van der Waals surface area contributed by atoms with Gasteiger partial charge in [-0.1, -0.05) is 17.7 Å². The van der Waals surface area contributed by atoms with E-state index in [0.717, 1.165) is 42.4 Å². The van der Waals surface area contributed by atoms with E-state index in [1.807, 2.05) is 6.07 Å². The Kier molecular flexibility index (Phi) is 4.43. The van der Waals surface area contributed by atoms with Crippen molar-refractivity contribution in [3.63, 3.8) is 0 Å². The summed E-state index contributed by atoms with van der Waals surface area (Å²) >= 11 is 6.55. The molecule has 1 aromatic carbocycles. The first kappa shape index (κ1) is 17.1. The van der Waals surface area contributed by atoms with Crippen LogP contribution in [-0.2, 0) is 9.31 Å². The molecule has 1 aromatic rings. The van der Waals surface area contributed by atoms with Crippen molar-refractivity contribution in [2.45, 2.75) is 38.9 Å². The highest BCUT2D eigenvalue weighted by Gasteiger charge is 2.51. The van der Waals surface area contributed by atoms with Crippen molar-refractivity contribution in [1.82, 2.24) is 4.90 Å². The molecule has 0 radical (unpaired) electrons. The van der Waals surface area contributed by atoms with Crippen LogP contribution in [0.5, 0.6) is 0 Å². The lowest BCUT2D eigenvalue weighted by Gasteiger charge is -2.34. The van der Waals surface area contributed by atoms with E-state index in [-0.39, 0.29) is 18.3 Å². The number of benzene rings is 1. The van der Waals surface area contributed by atoms with E-state index < -0.39 is 0 Å². The van der Waals surface area contributed by atoms with Gasteiger partial charge in [0, 0.05) is 26.2 Å². The molecule has 4 nitrogen and oxygen atoms in total. The molecule has 0 spiro atoms. The predicted octanol–water partition coefficient (Wildman–Crippen LogP) is 2.39. The lowest BCUT2D eigenvalue weighted by Crippen LogP contribution is -2.44. The lowest BCUT2D eigenvalue weighted by atomic mass is 9.79. The van der Waals surface area contributed by atoms with Gasteiger partial charge in [0.25, 0.3) is 0 Å². The second-order valence-electron chi connectivity index (χ2n) is 7.59. The Bertz CT molecular complexity index is 570. The Morgan fingerprint density at radius 3 is 2.09 bits per heavy atom. The first-order valence-electron chi connectivity index (χ1n) is 8.28. The molecule has 0 atom stereocenters. The molecule has 6 heteroatoms. The fourth-order valence-electron chi connectivity index (χ4n) is 2.95. The number of halogens is 1. The van der Waals surface area contributed by atoms with Crippen LogP contribution >= 0.6 is 11.6 Å². The summed E-state index contributed by atoms with van der Waals surface area (Å²) in [5.41, 5.74) is 1.41. The third kappa shape index (κ3) is 3.25. The smallest absolute Gasteiger partial charge is 0.399 e.